The van der Waals surface area contributed by atoms with Crippen LogP contribution in [-0.4, -0.2) is 36.4 Å². The molecule has 0 saturated carbocycles. The molecule has 20 heavy (non-hydrogen) atoms. The Hall–Kier alpha value is -1.60. The van der Waals surface area contributed by atoms with E-state index < -0.39 is 18.0 Å². The van der Waals surface area contributed by atoms with Crippen LogP contribution in [-0.2, 0) is 9.53 Å². The van der Waals surface area contributed by atoms with E-state index in [1.807, 2.05) is 0 Å². The molecule has 1 fully saturated rings. The number of rotatable bonds is 4. The average molecular weight is 343 g/mol. The lowest BCUT2D eigenvalue weighted by Crippen LogP contribution is -2.47. The van der Waals surface area contributed by atoms with Gasteiger partial charge in [0.1, 0.15) is 6.04 Å². The fourth-order valence-corrected chi connectivity index (χ4v) is 2.30. The van der Waals surface area contributed by atoms with Crippen molar-refractivity contribution in [1.82, 2.24) is 5.32 Å². The van der Waals surface area contributed by atoms with E-state index in [9.17, 15) is 14.7 Å². The van der Waals surface area contributed by atoms with Gasteiger partial charge in [0, 0.05) is 22.7 Å². The molecule has 0 radical (unpaired) electrons. The Kier molecular flexibility index (Phi) is 4.97. The van der Waals surface area contributed by atoms with Gasteiger partial charge in [-0.2, -0.15) is 0 Å². The van der Waals surface area contributed by atoms with E-state index in [0.29, 0.717) is 25.3 Å². The van der Waals surface area contributed by atoms with E-state index in [1.165, 1.54) is 0 Å². The van der Waals surface area contributed by atoms with Crippen molar-refractivity contribution in [2.24, 2.45) is 5.92 Å². The fourth-order valence-electron chi connectivity index (χ4n) is 2.04. The molecule has 1 saturated heterocycles. The molecule has 2 amide bonds. The number of aliphatic carboxylic acids is 1. The van der Waals surface area contributed by atoms with E-state index >= 15 is 0 Å². The summed E-state index contributed by atoms with van der Waals surface area (Å²) in [6, 6.07) is 5.54. The normalized spacial score (nSPS) is 19.4. The Balaban J connectivity index is 1.94. The highest BCUT2D eigenvalue weighted by Gasteiger charge is 2.32. The maximum Gasteiger partial charge on any atom is 0.326 e. The average Bonchev–Trinajstić information content (AvgIpc) is 2.92. The van der Waals surface area contributed by atoms with Crippen LogP contribution in [0.3, 0.4) is 0 Å². The van der Waals surface area contributed by atoms with Gasteiger partial charge in [0.15, 0.2) is 0 Å². The first-order valence-corrected chi connectivity index (χ1v) is 6.99. The number of halogens is 1. The van der Waals surface area contributed by atoms with Crippen molar-refractivity contribution in [3.63, 3.8) is 0 Å². The molecule has 0 bridgehead atoms. The SMILES string of the molecule is O=C(Nc1ccc(Br)cc1)N[C@H](C(=O)O)[C@H]1CCOC1. The predicted octanol–water partition coefficient (Wildman–Crippen LogP) is 2.06. The molecule has 1 aliphatic heterocycles. The highest BCUT2D eigenvalue weighted by Crippen LogP contribution is 2.18. The number of nitrogens with one attached hydrogen (secondary N) is 2. The van der Waals surface area contributed by atoms with Gasteiger partial charge in [-0.15, -0.1) is 0 Å². The lowest BCUT2D eigenvalue weighted by Gasteiger charge is -2.19. The van der Waals surface area contributed by atoms with Crippen molar-refractivity contribution in [2.75, 3.05) is 18.5 Å². The van der Waals surface area contributed by atoms with E-state index in [-0.39, 0.29) is 5.92 Å². The lowest BCUT2D eigenvalue weighted by atomic mass is 9.99. The zero-order valence-electron chi connectivity index (χ0n) is 10.6. The number of hydrogen-bond donors (Lipinski definition) is 3. The Morgan fingerprint density at radius 2 is 2.05 bits per heavy atom. The van der Waals surface area contributed by atoms with Crippen molar-refractivity contribution in [3.05, 3.63) is 28.7 Å². The first-order chi connectivity index (χ1) is 9.56. The topological polar surface area (TPSA) is 87.7 Å². The molecule has 108 valence electrons. The predicted molar refractivity (Wildman–Crippen MR) is 76.6 cm³/mol. The smallest absolute Gasteiger partial charge is 0.326 e. The van der Waals surface area contributed by atoms with Crippen LogP contribution in [0.1, 0.15) is 6.42 Å². The summed E-state index contributed by atoms with van der Waals surface area (Å²) in [7, 11) is 0. The molecule has 1 heterocycles. The third kappa shape index (κ3) is 3.94. The Labute approximate surface area is 124 Å². The molecule has 1 aromatic carbocycles. The third-order valence-electron chi connectivity index (χ3n) is 3.09. The molecule has 7 heteroatoms. The molecular weight excluding hydrogens is 328 g/mol. The number of carboxylic acid groups (broad SMARTS) is 1. The van der Waals surface area contributed by atoms with Crippen molar-refractivity contribution < 1.29 is 19.4 Å². The summed E-state index contributed by atoms with van der Waals surface area (Å²) in [4.78, 5) is 23.0. The van der Waals surface area contributed by atoms with Gasteiger partial charge in [-0.25, -0.2) is 9.59 Å². The van der Waals surface area contributed by atoms with Crippen LogP contribution in [0.25, 0.3) is 0 Å². The van der Waals surface area contributed by atoms with E-state index in [2.05, 4.69) is 26.6 Å². The molecule has 0 spiro atoms. The van der Waals surface area contributed by atoms with Crippen molar-refractivity contribution in [1.29, 1.82) is 0 Å². The van der Waals surface area contributed by atoms with Gasteiger partial charge in [-0.05, 0) is 30.7 Å². The maximum absolute atomic E-state index is 11.8. The van der Waals surface area contributed by atoms with Crippen molar-refractivity contribution in [3.8, 4) is 0 Å². The second-order valence-corrected chi connectivity index (χ2v) is 5.46. The Morgan fingerprint density at radius 1 is 1.35 bits per heavy atom. The number of ether oxygens (including phenoxy) is 1. The minimum Gasteiger partial charge on any atom is -0.480 e. The van der Waals surface area contributed by atoms with Gasteiger partial charge in [-0.3, -0.25) is 0 Å². The molecule has 6 nitrogen and oxygen atoms in total. The van der Waals surface area contributed by atoms with Crippen LogP contribution in [0.5, 0.6) is 0 Å². The minimum absolute atomic E-state index is 0.192. The quantitative estimate of drug-likeness (QED) is 0.781. The highest BCUT2D eigenvalue weighted by molar-refractivity contribution is 9.10. The fraction of sp³-hybridized carbons (Fsp3) is 0.385. The van der Waals surface area contributed by atoms with Crippen LogP contribution in [0.4, 0.5) is 10.5 Å². The van der Waals surface area contributed by atoms with Crippen LogP contribution in [0, 0.1) is 5.92 Å². The summed E-state index contributed by atoms with van der Waals surface area (Å²) in [5, 5.41) is 14.3. The van der Waals surface area contributed by atoms with Crippen LogP contribution in [0.15, 0.2) is 28.7 Å². The number of hydrogen-bond acceptors (Lipinski definition) is 3. The zero-order chi connectivity index (χ0) is 14.5. The molecule has 2 atom stereocenters. The van der Waals surface area contributed by atoms with Crippen molar-refractivity contribution in [2.45, 2.75) is 12.5 Å². The summed E-state index contributed by atoms with van der Waals surface area (Å²) in [6.07, 6.45) is 0.634. The molecule has 2 rings (SSSR count). The molecule has 0 unspecified atom stereocenters. The van der Waals surface area contributed by atoms with E-state index in [0.717, 1.165) is 4.47 Å². The largest absolute Gasteiger partial charge is 0.480 e. The van der Waals surface area contributed by atoms with Gasteiger partial charge < -0.3 is 20.5 Å². The van der Waals surface area contributed by atoms with Gasteiger partial charge >= 0.3 is 12.0 Å². The minimum atomic E-state index is -1.05. The first kappa shape index (κ1) is 14.8. The molecule has 1 aliphatic rings. The zero-order valence-corrected chi connectivity index (χ0v) is 12.2. The van der Waals surface area contributed by atoms with Gasteiger partial charge in [0.25, 0.3) is 0 Å². The molecular formula is C13H15BrN2O4. The van der Waals surface area contributed by atoms with Gasteiger partial charge in [-0.1, -0.05) is 15.9 Å². The van der Waals surface area contributed by atoms with Gasteiger partial charge in [0.05, 0.1) is 6.61 Å². The maximum atomic E-state index is 11.8. The second kappa shape index (κ2) is 6.71. The second-order valence-electron chi connectivity index (χ2n) is 4.54. The molecule has 0 aliphatic carbocycles. The van der Waals surface area contributed by atoms with Gasteiger partial charge in [0.2, 0.25) is 0 Å². The Bertz CT molecular complexity index is 486. The summed E-state index contributed by atoms with van der Waals surface area (Å²) in [5.74, 6) is -1.24. The highest BCUT2D eigenvalue weighted by atomic mass is 79.9. The van der Waals surface area contributed by atoms with Crippen LogP contribution in [0.2, 0.25) is 0 Å². The summed E-state index contributed by atoms with van der Waals surface area (Å²) >= 11 is 3.30. The number of benzene rings is 1. The number of carbonyl (C=O) groups is 2. The first-order valence-electron chi connectivity index (χ1n) is 6.20. The monoisotopic (exact) mass is 342 g/mol. The molecule has 0 aromatic heterocycles. The van der Waals surface area contributed by atoms with E-state index in [1.54, 1.807) is 24.3 Å². The van der Waals surface area contributed by atoms with Crippen molar-refractivity contribution >= 4 is 33.6 Å². The third-order valence-corrected chi connectivity index (χ3v) is 3.62. The standard InChI is InChI=1S/C13H15BrN2O4/c14-9-1-3-10(4-2-9)15-13(19)16-11(12(17)18)8-5-6-20-7-8/h1-4,8,11H,5-7H2,(H,17,18)(H2,15,16,19)/t8-,11-/m0/s1. The molecule has 3 N–H and O–H groups in total. The summed E-state index contributed by atoms with van der Waals surface area (Å²) in [6.45, 7) is 0.889. The number of urea groups is 1. The van der Waals surface area contributed by atoms with E-state index in [4.69, 9.17) is 4.74 Å². The number of anilines is 1. The lowest BCUT2D eigenvalue weighted by molar-refractivity contribution is -0.140. The van der Waals surface area contributed by atoms with Crippen LogP contribution < -0.4 is 10.6 Å². The number of carboxylic acids is 1. The summed E-state index contributed by atoms with van der Waals surface area (Å²) < 4.78 is 6.06. The Morgan fingerprint density at radius 3 is 2.60 bits per heavy atom. The number of carbonyl (C=O) groups excluding carboxylic acids is 1. The van der Waals surface area contributed by atoms with Crippen LogP contribution >= 0.6 is 15.9 Å². The summed E-state index contributed by atoms with van der Waals surface area (Å²) in [5.41, 5.74) is 0.595. The number of amides is 2. The molecule has 1 aromatic rings.